The SMILES string of the molecule is C=Cc1ccc2c(c1)CC2O. The molecular weight excluding hydrogens is 136 g/mol. The highest BCUT2D eigenvalue weighted by Gasteiger charge is 2.22. The van der Waals surface area contributed by atoms with E-state index in [0.29, 0.717) is 0 Å². The van der Waals surface area contributed by atoms with Crippen LogP contribution in [0.3, 0.4) is 0 Å². The molecule has 0 radical (unpaired) electrons. The molecule has 0 spiro atoms. The summed E-state index contributed by atoms with van der Waals surface area (Å²) in [6, 6.07) is 6.03. The van der Waals surface area contributed by atoms with E-state index in [0.717, 1.165) is 17.5 Å². The van der Waals surface area contributed by atoms with Gasteiger partial charge in [-0.25, -0.2) is 0 Å². The first-order valence-corrected chi connectivity index (χ1v) is 3.74. The average Bonchev–Trinajstić information content (AvgIpc) is 2.02. The van der Waals surface area contributed by atoms with Crippen molar-refractivity contribution in [1.82, 2.24) is 0 Å². The molecule has 1 aliphatic rings. The summed E-state index contributed by atoms with van der Waals surface area (Å²) in [4.78, 5) is 0. The van der Waals surface area contributed by atoms with Gasteiger partial charge in [0.2, 0.25) is 0 Å². The number of rotatable bonds is 1. The van der Waals surface area contributed by atoms with Crippen molar-refractivity contribution in [3.05, 3.63) is 41.5 Å². The molecule has 1 aliphatic carbocycles. The van der Waals surface area contributed by atoms with Gasteiger partial charge in [-0.05, 0) is 16.7 Å². The van der Waals surface area contributed by atoms with Crippen LogP contribution in [-0.4, -0.2) is 5.11 Å². The minimum atomic E-state index is -0.219. The Hall–Kier alpha value is -1.08. The van der Waals surface area contributed by atoms with Gasteiger partial charge < -0.3 is 5.11 Å². The summed E-state index contributed by atoms with van der Waals surface area (Å²) in [5, 5.41) is 9.24. The predicted molar refractivity (Wildman–Crippen MR) is 45.2 cm³/mol. The van der Waals surface area contributed by atoms with Crippen molar-refractivity contribution < 1.29 is 5.11 Å². The monoisotopic (exact) mass is 146 g/mol. The Labute approximate surface area is 66.0 Å². The molecule has 1 nitrogen and oxygen atoms in total. The van der Waals surface area contributed by atoms with Crippen molar-refractivity contribution in [2.24, 2.45) is 0 Å². The van der Waals surface area contributed by atoms with Crippen molar-refractivity contribution >= 4 is 6.08 Å². The summed E-state index contributed by atoms with van der Waals surface area (Å²) in [6.45, 7) is 3.68. The van der Waals surface area contributed by atoms with E-state index >= 15 is 0 Å². The number of hydrogen-bond donors (Lipinski definition) is 1. The fraction of sp³-hybridized carbons (Fsp3) is 0.200. The van der Waals surface area contributed by atoms with Crippen LogP contribution >= 0.6 is 0 Å². The molecule has 0 aliphatic heterocycles. The van der Waals surface area contributed by atoms with E-state index in [1.165, 1.54) is 5.56 Å². The number of benzene rings is 1. The first-order valence-electron chi connectivity index (χ1n) is 3.74. The zero-order chi connectivity index (χ0) is 7.84. The van der Waals surface area contributed by atoms with Gasteiger partial charge in [0.1, 0.15) is 0 Å². The highest BCUT2D eigenvalue weighted by molar-refractivity contribution is 5.52. The van der Waals surface area contributed by atoms with E-state index < -0.39 is 0 Å². The number of fused-ring (bicyclic) bond motifs is 1. The minimum Gasteiger partial charge on any atom is -0.388 e. The first kappa shape index (κ1) is 6.62. The Morgan fingerprint density at radius 2 is 2.36 bits per heavy atom. The quantitative estimate of drug-likeness (QED) is 0.641. The zero-order valence-electron chi connectivity index (χ0n) is 6.25. The van der Waals surface area contributed by atoms with Gasteiger partial charge in [-0.1, -0.05) is 30.9 Å². The van der Waals surface area contributed by atoms with E-state index in [1.54, 1.807) is 0 Å². The lowest BCUT2D eigenvalue weighted by Gasteiger charge is -2.25. The molecule has 1 N–H and O–H groups in total. The molecule has 0 aromatic heterocycles. The second kappa shape index (κ2) is 2.21. The maximum Gasteiger partial charge on any atom is 0.0833 e. The van der Waals surface area contributed by atoms with E-state index in [9.17, 15) is 5.11 Å². The second-order valence-electron chi connectivity index (χ2n) is 2.88. The summed E-state index contributed by atoms with van der Waals surface area (Å²) in [5.74, 6) is 0. The van der Waals surface area contributed by atoms with Gasteiger partial charge in [-0.15, -0.1) is 0 Å². The highest BCUT2D eigenvalue weighted by atomic mass is 16.3. The summed E-state index contributed by atoms with van der Waals surface area (Å²) in [6.07, 6.45) is 2.41. The van der Waals surface area contributed by atoms with Crippen LogP contribution in [0.25, 0.3) is 6.08 Å². The lowest BCUT2D eigenvalue weighted by molar-refractivity contribution is 0.154. The van der Waals surface area contributed by atoms with E-state index in [-0.39, 0.29) is 6.10 Å². The van der Waals surface area contributed by atoms with Crippen LogP contribution in [0.15, 0.2) is 24.8 Å². The van der Waals surface area contributed by atoms with Gasteiger partial charge in [0.25, 0.3) is 0 Å². The Balaban J connectivity index is 2.45. The van der Waals surface area contributed by atoms with Crippen LogP contribution in [0.1, 0.15) is 22.8 Å². The molecule has 0 saturated carbocycles. The Morgan fingerprint density at radius 3 is 2.91 bits per heavy atom. The van der Waals surface area contributed by atoms with Crippen molar-refractivity contribution in [1.29, 1.82) is 0 Å². The zero-order valence-corrected chi connectivity index (χ0v) is 6.25. The van der Waals surface area contributed by atoms with Gasteiger partial charge in [0.15, 0.2) is 0 Å². The minimum absolute atomic E-state index is 0.219. The average molecular weight is 146 g/mol. The third-order valence-electron chi connectivity index (χ3n) is 2.17. The molecule has 0 amide bonds. The van der Waals surface area contributed by atoms with E-state index in [1.807, 2.05) is 18.2 Å². The topological polar surface area (TPSA) is 20.2 Å². The molecule has 1 aromatic carbocycles. The van der Waals surface area contributed by atoms with Crippen molar-refractivity contribution in [2.75, 3.05) is 0 Å². The van der Waals surface area contributed by atoms with Crippen LogP contribution in [0, 0.1) is 0 Å². The smallest absolute Gasteiger partial charge is 0.0833 e. The molecule has 1 heteroatoms. The van der Waals surface area contributed by atoms with Crippen LogP contribution in [-0.2, 0) is 6.42 Å². The third-order valence-corrected chi connectivity index (χ3v) is 2.17. The van der Waals surface area contributed by atoms with E-state index in [4.69, 9.17) is 0 Å². The molecule has 0 fully saturated rings. The molecule has 0 bridgehead atoms. The number of aliphatic hydroxyl groups excluding tert-OH is 1. The largest absolute Gasteiger partial charge is 0.388 e. The molecular formula is C10H10O. The van der Waals surface area contributed by atoms with Crippen molar-refractivity contribution in [3.63, 3.8) is 0 Å². The molecule has 56 valence electrons. The molecule has 1 aromatic rings. The highest BCUT2D eigenvalue weighted by Crippen LogP contribution is 2.33. The van der Waals surface area contributed by atoms with Crippen LogP contribution in [0.2, 0.25) is 0 Å². The van der Waals surface area contributed by atoms with Gasteiger partial charge >= 0.3 is 0 Å². The summed E-state index contributed by atoms with van der Waals surface area (Å²) in [7, 11) is 0. The third kappa shape index (κ3) is 0.889. The Kier molecular flexibility index (Phi) is 1.33. The maximum atomic E-state index is 9.24. The van der Waals surface area contributed by atoms with Crippen LogP contribution in [0.4, 0.5) is 0 Å². The summed E-state index contributed by atoms with van der Waals surface area (Å²) < 4.78 is 0. The lowest BCUT2D eigenvalue weighted by Crippen LogP contribution is -2.15. The fourth-order valence-electron chi connectivity index (χ4n) is 1.44. The second-order valence-corrected chi connectivity index (χ2v) is 2.88. The van der Waals surface area contributed by atoms with Crippen molar-refractivity contribution in [2.45, 2.75) is 12.5 Å². The molecule has 1 atom stereocenters. The van der Waals surface area contributed by atoms with Gasteiger partial charge in [0.05, 0.1) is 6.10 Å². The lowest BCUT2D eigenvalue weighted by atomic mass is 9.84. The van der Waals surface area contributed by atoms with Crippen LogP contribution in [0.5, 0.6) is 0 Å². The molecule has 1 unspecified atom stereocenters. The van der Waals surface area contributed by atoms with Gasteiger partial charge in [-0.2, -0.15) is 0 Å². The normalized spacial score (nSPS) is 20.3. The standard InChI is InChI=1S/C10H10O/c1-2-7-3-4-9-8(5-7)6-10(9)11/h2-5,10-11H,1,6H2. The molecule has 0 saturated heterocycles. The summed E-state index contributed by atoms with van der Waals surface area (Å²) >= 11 is 0. The van der Waals surface area contributed by atoms with Gasteiger partial charge in [0, 0.05) is 6.42 Å². The van der Waals surface area contributed by atoms with Gasteiger partial charge in [-0.3, -0.25) is 0 Å². The predicted octanol–water partition coefficient (Wildman–Crippen LogP) is 1.92. The van der Waals surface area contributed by atoms with Crippen LogP contribution < -0.4 is 0 Å². The summed E-state index contributed by atoms with van der Waals surface area (Å²) in [5.41, 5.74) is 3.47. The molecule has 11 heavy (non-hydrogen) atoms. The van der Waals surface area contributed by atoms with E-state index in [2.05, 4.69) is 12.6 Å². The number of hydrogen-bond acceptors (Lipinski definition) is 1. The Morgan fingerprint density at radius 1 is 1.55 bits per heavy atom. The van der Waals surface area contributed by atoms with Crippen molar-refractivity contribution in [3.8, 4) is 0 Å². The fourth-order valence-corrected chi connectivity index (χ4v) is 1.44. The Bertz CT molecular complexity index is 302. The number of aliphatic hydroxyl groups is 1. The first-order chi connectivity index (χ1) is 5.31. The molecule has 2 rings (SSSR count). The molecule has 0 heterocycles. The maximum absolute atomic E-state index is 9.24.